The number of ether oxygens (including phenoxy) is 1. The van der Waals surface area contributed by atoms with E-state index in [1.165, 1.54) is 6.07 Å². The molecule has 0 fully saturated rings. The van der Waals surface area contributed by atoms with Crippen LogP contribution in [0.3, 0.4) is 0 Å². The molecule has 0 atom stereocenters. The van der Waals surface area contributed by atoms with E-state index in [9.17, 15) is 17.6 Å². The van der Waals surface area contributed by atoms with Gasteiger partial charge in [0.1, 0.15) is 11.6 Å². The van der Waals surface area contributed by atoms with Crippen LogP contribution in [-0.4, -0.2) is 12.8 Å². The highest BCUT2D eigenvalue weighted by Gasteiger charge is 2.28. The van der Waals surface area contributed by atoms with Gasteiger partial charge in [-0.1, -0.05) is 13.8 Å². The molecule has 0 amide bonds. The molecule has 1 nitrogen and oxygen atoms in total. The first kappa shape index (κ1) is 13.8. The third-order valence-corrected chi connectivity index (χ3v) is 2.29. The van der Waals surface area contributed by atoms with Crippen molar-refractivity contribution in [1.82, 2.24) is 0 Å². The van der Waals surface area contributed by atoms with Crippen molar-refractivity contribution in [3.63, 3.8) is 0 Å². The lowest BCUT2D eigenvalue weighted by molar-refractivity contribution is -0.153. The molecule has 0 bridgehead atoms. The number of aryl methyl sites for hydroxylation is 1. The van der Waals surface area contributed by atoms with Crippen molar-refractivity contribution < 1.29 is 22.3 Å². The van der Waals surface area contributed by atoms with Gasteiger partial charge in [0.25, 0.3) is 0 Å². The molecule has 96 valence electrons. The van der Waals surface area contributed by atoms with E-state index in [0.29, 0.717) is 11.1 Å². The van der Waals surface area contributed by atoms with Crippen molar-refractivity contribution in [2.24, 2.45) is 0 Å². The Morgan fingerprint density at radius 2 is 1.82 bits per heavy atom. The summed E-state index contributed by atoms with van der Waals surface area (Å²) in [5, 5.41) is 0. The number of hydrogen-bond donors (Lipinski definition) is 0. The summed E-state index contributed by atoms with van der Waals surface area (Å²) in [4.78, 5) is 0. The van der Waals surface area contributed by atoms with Crippen LogP contribution in [0.2, 0.25) is 0 Å². The molecule has 0 aliphatic rings. The maximum atomic E-state index is 13.6. The Morgan fingerprint density at radius 3 is 2.24 bits per heavy atom. The maximum Gasteiger partial charge on any atom is 0.422 e. The van der Waals surface area contributed by atoms with Gasteiger partial charge in [-0.25, -0.2) is 4.39 Å². The fraction of sp³-hybridized carbons (Fsp3) is 0.500. The molecular formula is C12H14F4O. The second kappa shape index (κ2) is 4.94. The van der Waals surface area contributed by atoms with Crippen LogP contribution < -0.4 is 4.74 Å². The average Bonchev–Trinajstić information content (AvgIpc) is 2.11. The fourth-order valence-electron chi connectivity index (χ4n) is 1.70. The average molecular weight is 250 g/mol. The predicted octanol–water partition coefficient (Wildman–Crippen LogP) is 4.20. The van der Waals surface area contributed by atoms with Gasteiger partial charge >= 0.3 is 6.18 Å². The Morgan fingerprint density at radius 1 is 1.24 bits per heavy atom. The minimum absolute atomic E-state index is 0.0216. The molecule has 0 aliphatic heterocycles. The lowest BCUT2D eigenvalue weighted by atomic mass is 9.97. The van der Waals surface area contributed by atoms with Crippen LogP contribution in [0.25, 0.3) is 0 Å². The smallest absolute Gasteiger partial charge is 0.422 e. The molecule has 0 radical (unpaired) electrons. The van der Waals surface area contributed by atoms with Gasteiger partial charge in [0.05, 0.1) is 0 Å². The van der Waals surface area contributed by atoms with E-state index in [1.807, 2.05) is 13.8 Å². The summed E-state index contributed by atoms with van der Waals surface area (Å²) >= 11 is 0. The molecular weight excluding hydrogens is 236 g/mol. The summed E-state index contributed by atoms with van der Waals surface area (Å²) in [6.45, 7) is 3.88. The van der Waals surface area contributed by atoms with Crippen LogP contribution in [0.4, 0.5) is 17.6 Å². The monoisotopic (exact) mass is 250 g/mol. The molecule has 0 N–H and O–H groups in total. The Balaban J connectivity index is 2.91. The fourth-order valence-corrected chi connectivity index (χ4v) is 1.70. The number of alkyl halides is 3. The van der Waals surface area contributed by atoms with Crippen molar-refractivity contribution in [2.75, 3.05) is 6.61 Å². The van der Waals surface area contributed by atoms with Gasteiger partial charge in [-0.05, 0) is 30.0 Å². The second-order valence-electron chi connectivity index (χ2n) is 4.19. The molecule has 0 spiro atoms. The number of benzene rings is 1. The highest BCUT2D eigenvalue weighted by atomic mass is 19.4. The van der Waals surface area contributed by atoms with E-state index < -0.39 is 18.6 Å². The topological polar surface area (TPSA) is 9.23 Å². The Bertz CT molecular complexity index is 373. The Hall–Kier alpha value is -1.26. The normalized spacial score (nSPS) is 12.0. The zero-order valence-corrected chi connectivity index (χ0v) is 9.86. The summed E-state index contributed by atoms with van der Waals surface area (Å²) in [7, 11) is 0. The van der Waals surface area contributed by atoms with Crippen molar-refractivity contribution in [2.45, 2.75) is 32.9 Å². The third kappa shape index (κ3) is 3.91. The van der Waals surface area contributed by atoms with Crippen LogP contribution >= 0.6 is 0 Å². The number of hydrogen-bond acceptors (Lipinski definition) is 1. The molecule has 0 saturated carbocycles. The van der Waals surface area contributed by atoms with Gasteiger partial charge in [0.15, 0.2) is 6.61 Å². The molecule has 0 saturated heterocycles. The van der Waals surface area contributed by atoms with E-state index in [2.05, 4.69) is 4.74 Å². The van der Waals surface area contributed by atoms with Gasteiger partial charge in [0, 0.05) is 6.07 Å². The molecule has 0 heterocycles. The Labute approximate surface area is 97.4 Å². The third-order valence-electron chi connectivity index (χ3n) is 2.29. The number of rotatable bonds is 3. The summed E-state index contributed by atoms with van der Waals surface area (Å²) in [6.07, 6.45) is -4.42. The minimum Gasteiger partial charge on any atom is -0.484 e. The summed E-state index contributed by atoms with van der Waals surface area (Å²) in [5.74, 6) is -0.648. The van der Waals surface area contributed by atoms with Crippen LogP contribution in [0.5, 0.6) is 5.75 Å². The van der Waals surface area contributed by atoms with E-state index in [0.717, 1.165) is 6.07 Å². The molecule has 0 aromatic heterocycles. The van der Waals surface area contributed by atoms with Crippen LogP contribution in [0.15, 0.2) is 12.1 Å². The molecule has 1 aromatic carbocycles. The van der Waals surface area contributed by atoms with Crippen LogP contribution in [0, 0.1) is 12.7 Å². The lowest BCUT2D eigenvalue weighted by Gasteiger charge is -2.14. The zero-order chi connectivity index (χ0) is 13.2. The van der Waals surface area contributed by atoms with Gasteiger partial charge in [-0.3, -0.25) is 0 Å². The minimum atomic E-state index is -4.42. The SMILES string of the molecule is Cc1cc(OCC(F)(F)F)cc(F)c1C(C)C. The molecule has 17 heavy (non-hydrogen) atoms. The quantitative estimate of drug-likeness (QED) is 0.730. The predicted molar refractivity (Wildman–Crippen MR) is 56.8 cm³/mol. The van der Waals surface area contributed by atoms with E-state index in [-0.39, 0.29) is 11.7 Å². The van der Waals surface area contributed by atoms with E-state index in [4.69, 9.17) is 0 Å². The summed E-state index contributed by atoms with van der Waals surface area (Å²) in [6, 6.07) is 2.41. The highest BCUT2D eigenvalue weighted by molar-refractivity contribution is 5.37. The van der Waals surface area contributed by atoms with Crippen molar-refractivity contribution in [1.29, 1.82) is 0 Å². The largest absolute Gasteiger partial charge is 0.484 e. The molecule has 1 aromatic rings. The standard InChI is InChI=1S/C12H14F4O/c1-7(2)11-8(3)4-9(5-10(11)13)17-6-12(14,15)16/h4-5,7H,6H2,1-3H3. The number of halogens is 4. The second-order valence-corrected chi connectivity index (χ2v) is 4.19. The first-order chi connectivity index (χ1) is 7.70. The van der Waals surface area contributed by atoms with Gasteiger partial charge in [0.2, 0.25) is 0 Å². The van der Waals surface area contributed by atoms with E-state index >= 15 is 0 Å². The first-order valence-electron chi connectivity index (χ1n) is 5.20. The van der Waals surface area contributed by atoms with Crippen LogP contribution in [-0.2, 0) is 0 Å². The van der Waals surface area contributed by atoms with Crippen LogP contribution in [0.1, 0.15) is 30.9 Å². The molecule has 0 unspecified atom stereocenters. The van der Waals surface area contributed by atoms with Gasteiger partial charge in [-0.15, -0.1) is 0 Å². The van der Waals surface area contributed by atoms with Crippen molar-refractivity contribution in [3.05, 3.63) is 29.1 Å². The maximum absolute atomic E-state index is 13.6. The zero-order valence-electron chi connectivity index (χ0n) is 9.86. The summed E-state index contributed by atoms with van der Waals surface area (Å²) in [5.41, 5.74) is 1.10. The molecule has 1 rings (SSSR count). The van der Waals surface area contributed by atoms with Gasteiger partial charge in [-0.2, -0.15) is 13.2 Å². The first-order valence-corrected chi connectivity index (χ1v) is 5.20. The molecule has 5 heteroatoms. The van der Waals surface area contributed by atoms with Gasteiger partial charge < -0.3 is 4.74 Å². The Kier molecular flexibility index (Phi) is 4.01. The summed E-state index contributed by atoms with van der Waals surface area (Å²) < 4.78 is 53.9. The van der Waals surface area contributed by atoms with E-state index in [1.54, 1.807) is 6.92 Å². The lowest BCUT2D eigenvalue weighted by Crippen LogP contribution is -2.19. The highest BCUT2D eigenvalue weighted by Crippen LogP contribution is 2.28. The molecule has 0 aliphatic carbocycles. The van der Waals surface area contributed by atoms with Crippen molar-refractivity contribution in [3.8, 4) is 5.75 Å². The van der Waals surface area contributed by atoms with Crippen molar-refractivity contribution >= 4 is 0 Å².